The van der Waals surface area contributed by atoms with Crippen LogP contribution in [0, 0.1) is 0 Å². The van der Waals surface area contributed by atoms with Gasteiger partial charge in [0.2, 0.25) is 0 Å². The molecular weight excluding hydrogens is 320 g/mol. The quantitative estimate of drug-likeness (QED) is 0.892. The molecule has 1 fully saturated rings. The molecule has 7 heteroatoms. The molecule has 5 nitrogen and oxygen atoms in total. The topological polar surface area (TPSA) is 69.6 Å². The van der Waals surface area contributed by atoms with Gasteiger partial charge in [0.1, 0.15) is 6.04 Å². The Morgan fingerprint density at radius 2 is 2.33 bits per heavy atom. The SMILES string of the molecule is O=C(O)[C@H]1CCCN1C(=O)NCc1ccc(Br)s1. The Morgan fingerprint density at radius 3 is 2.94 bits per heavy atom. The van der Waals surface area contributed by atoms with Crippen LogP contribution < -0.4 is 5.32 Å². The third-order valence-electron chi connectivity index (χ3n) is 2.84. The number of rotatable bonds is 3. The van der Waals surface area contributed by atoms with E-state index in [0.717, 1.165) is 15.1 Å². The van der Waals surface area contributed by atoms with E-state index in [1.807, 2.05) is 12.1 Å². The van der Waals surface area contributed by atoms with Crippen molar-refractivity contribution in [3.05, 3.63) is 20.8 Å². The minimum atomic E-state index is -0.929. The lowest BCUT2D eigenvalue weighted by Crippen LogP contribution is -2.45. The maximum Gasteiger partial charge on any atom is 0.326 e. The first-order valence-electron chi connectivity index (χ1n) is 5.59. The summed E-state index contributed by atoms with van der Waals surface area (Å²) in [5, 5.41) is 11.7. The van der Waals surface area contributed by atoms with Crippen molar-refractivity contribution >= 4 is 39.3 Å². The van der Waals surface area contributed by atoms with Gasteiger partial charge in [-0.25, -0.2) is 9.59 Å². The molecule has 1 aromatic heterocycles. The van der Waals surface area contributed by atoms with Crippen molar-refractivity contribution < 1.29 is 14.7 Å². The Morgan fingerprint density at radius 1 is 1.56 bits per heavy atom. The normalized spacial score (nSPS) is 18.9. The van der Waals surface area contributed by atoms with Crippen LogP contribution in [0.5, 0.6) is 0 Å². The Balaban J connectivity index is 1.89. The number of aliphatic carboxylic acids is 1. The molecule has 1 saturated heterocycles. The predicted molar refractivity (Wildman–Crippen MR) is 71.6 cm³/mol. The molecular formula is C11H13BrN2O3S. The number of nitrogens with zero attached hydrogens (tertiary/aromatic N) is 1. The van der Waals surface area contributed by atoms with Crippen LogP contribution in [0.3, 0.4) is 0 Å². The molecule has 1 aromatic rings. The van der Waals surface area contributed by atoms with E-state index in [1.165, 1.54) is 4.90 Å². The number of hydrogen-bond acceptors (Lipinski definition) is 3. The van der Waals surface area contributed by atoms with Crippen LogP contribution in [-0.4, -0.2) is 34.6 Å². The molecule has 0 aromatic carbocycles. The average Bonchev–Trinajstić information content (AvgIpc) is 2.94. The highest BCUT2D eigenvalue weighted by molar-refractivity contribution is 9.11. The van der Waals surface area contributed by atoms with Gasteiger partial charge in [0.05, 0.1) is 10.3 Å². The Labute approximate surface area is 117 Å². The van der Waals surface area contributed by atoms with Gasteiger partial charge in [-0.2, -0.15) is 0 Å². The fourth-order valence-electron chi connectivity index (χ4n) is 1.98. The second kappa shape index (κ2) is 5.71. The molecule has 0 unspecified atom stereocenters. The minimum Gasteiger partial charge on any atom is -0.480 e. The van der Waals surface area contributed by atoms with E-state index in [2.05, 4.69) is 21.2 Å². The van der Waals surface area contributed by atoms with Crippen LogP contribution in [0.1, 0.15) is 17.7 Å². The van der Waals surface area contributed by atoms with E-state index >= 15 is 0 Å². The van der Waals surface area contributed by atoms with Gasteiger partial charge in [0.15, 0.2) is 0 Å². The third-order valence-corrected chi connectivity index (χ3v) is 4.47. The molecule has 0 radical (unpaired) electrons. The molecule has 18 heavy (non-hydrogen) atoms. The van der Waals surface area contributed by atoms with E-state index < -0.39 is 12.0 Å². The summed E-state index contributed by atoms with van der Waals surface area (Å²) in [7, 11) is 0. The fraction of sp³-hybridized carbons (Fsp3) is 0.455. The van der Waals surface area contributed by atoms with Gasteiger partial charge in [-0.3, -0.25) is 0 Å². The Hall–Kier alpha value is -1.08. The molecule has 98 valence electrons. The molecule has 1 atom stereocenters. The zero-order valence-corrected chi connectivity index (χ0v) is 12.0. The van der Waals surface area contributed by atoms with Crippen LogP contribution in [0.25, 0.3) is 0 Å². The van der Waals surface area contributed by atoms with Crippen molar-refractivity contribution in [2.24, 2.45) is 0 Å². The summed E-state index contributed by atoms with van der Waals surface area (Å²) < 4.78 is 1.01. The number of carbonyl (C=O) groups excluding carboxylic acids is 1. The van der Waals surface area contributed by atoms with Gasteiger partial charge in [0.25, 0.3) is 0 Å². The van der Waals surface area contributed by atoms with Gasteiger partial charge >= 0.3 is 12.0 Å². The van der Waals surface area contributed by atoms with Crippen LogP contribution >= 0.6 is 27.3 Å². The number of likely N-dealkylation sites (tertiary alicyclic amines) is 1. The lowest BCUT2D eigenvalue weighted by molar-refractivity contribution is -0.141. The number of urea groups is 1. The molecule has 2 heterocycles. The van der Waals surface area contributed by atoms with Gasteiger partial charge in [-0.05, 0) is 40.9 Å². The summed E-state index contributed by atoms with van der Waals surface area (Å²) in [4.78, 5) is 25.3. The summed E-state index contributed by atoms with van der Waals surface area (Å²) in [6.45, 7) is 0.939. The Kier molecular flexibility index (Phi) is 4.23. The zero-order valence-electron chi connectivity index (χ0n) is 9.56. The minimum absolute atomic E-state index is 0.301. The average molecular weight is 333 g/mol. The highest BCUT2D eigenvalue weighted by Crippen LogP contribution is 2.22. The van der Waals surface area contributed by atoms with Crippen molar-refractivity contribution in [2.75, 3.05) is 6.54 Å². The molecule has 0 saturated carbocycles. The number of halogens is 1. The van der Waals surface area contributed by atoms with E-state index in [4.69, 9.17) is 5.11 Å². The van der Waals surface area contributed by atoms with Crippen molar-refractivity contribution in [2.45, 2.75) is 25.4 Å². The monoisotopic (exact) mass is 332 g/mol. The molecule has 0 bridgehead atoms. The van der Waals surface area contributed by atoms with E-state index in [-0.39, 0.29) is 6.03 Å². The first kappa shape index (κ1) is 13.4. The smallest absolute Gasteiger partial charge is 0.326 e. The van der Waals surface area contributed by atoms with Gasteiger partial charge in [-0.15, -0.1) is 11.3 Å². The van der Waals surface area contributed by atoms with E-state index in [9.17, 15) is 9.59 Å². The molecule has 0 aliphatic carbocycles. The lowest BCUT2D eigenvalue weighted by Gasteiger charge is -2.21. The highest BCUT2D eigenvalue weighted by atomic mass is 79.9. The third kappa shape index (κ3) is 3.02. The molecule has 0 spiro atoms. The number of amides is 2. The second-order valence-corrected chi connectivity index (χ2v) is 6.60. The summed E-state index contributed by atoms with van der Waals surface area (Å²) in [6.07, 6.45) is 1.28. The first-order valence-corrected chi connectivity index (χ1v) is 7.20. The highest BCUT2D eigenvalue weighted by Gasteiger charge is 2.33. The van der Waals surface area contributed by atoms with E-state index in [0.29, 0.717) is 19.5 Å². The molecule has 1 aliphatic rings. The van der Waals surface area contributed by atoms with Gasteiger partial charge < -0.3 is 15.3 Å². The standard InChI is InChI=1S/C11H13BrN2O3S/c12-9-4-3-7(18-9)6-13-11(17)14-5-1-2-8(14)10(15)16/h3-4,8H,1-2,5-6H2,(H,13,17)(H,15,16)/t8-/m1/s1. The first-order chi connectivity index (χ1) is 8.58. The number of carboxylic acids is 1. The van der Waals surface area contributed by atoms with Crippen molar-refractivity contribution in [3.8, 4) is 0 Å². The molecule has 2 rings (SSSR count). The van der Waals surface area contributed by atoms with Gasteiger partial charge in [-0.1, -0.05) is 0 Å². The van der Waals surface area contributed by atoms with Crippen LogP contribution in [-0.2, 0) is 11.3 Å². The van der Waals surface area contributed by atoms with Crippen molar-refractivity contribution in [3.63, 3.8) is 0 Å². The lowest BCUT2D eigenvalue weighted by atomic mass is 10.2. The van der Waals surface area contributed by atoms with Crippen molar-refractivity contribution in [1.82, 2.24) is 10.2 Å². The molecule has 2 N–H and O–H groups in total. The van der Waals surface area contributed by atoms with E-state index in [1.54, 1.807) is 11.3 Å². The second-order valence-electron chi connectivity index (χ2n) is 4.05. The van der Waals surface area contributed by atoms with Gasteiger partial charge in [0, 0.05) is 11.4 Å². The fourth-order valence-corrected chi connectivity index (χ4v) is 3.40. The van der Waals surface area contributed by atoms with Crippen LogP contribution in [0.4, 0.5) is 4.79 Å². The van der Waals surface area contributed by atoms with Crippen molar-refractivity contribution in [1.29, 1.82) is 0 Å². The number of carbonyl (C=O) groups is 2. The zero-order chi connectivity index (χ0) is 13.1. The number of carboxylic acid groups (broad SMARTS) is 1. The number of nitrogens with one attached hydrogen (secondary N) is 1. The summed E-state index contributed by atoms with van der Waals surface area (Å²) >= 11 is 4.90. The summed E-state index contributed by atoms with van der Waals surface area (Å²) in [5.74, 6) is -0.929. The largest absolute Gasteiger partial charge is 0.480 e. The van der Waals surface area contributed by atoms with Crippen LogP contribution in [0.2, 0.25) is 0 Å². The predicted octanol–water partition coefficient (Wildman–Crippen LogP) is 2.27. The maximum absolute atomic E-state index is 11.9. The molecule has 1 aliphatic heterocycles. The summed E-state index contributed by atoms with van der Waals surface area (Å²) in [5.41, 5.74) is 0. The maximum atomic E-state index is 11.9. The number of thiophene rings is 1. The summed E-state index contributed by atoms with van der Waals surface area (Å²) in [6, 6.07) is 2.86. The molecule has 2 amide bonds. The number of hydrogen-bond donors (Lipinski definition) is 2. The van der Waals surface area contributed by atoms with Crippen LogP contribution in [0.15, 0.2) is 15.9 Å². The Bertz CT molecular complexity index is 463.